The third-order valence-electron chi connectivity index (χ3n) is 3.30. The molecule has 0 aliphatic rings. The molecule has 122 valence electrons. The summed E-state index contributed by atoms with van der Waals surface area (Å²) in [6.07, 6.45) is 3.52. The molecule has 0 aliphatic heterocycles. The van der Waals surface area contributed by atoms with Crippen LogP contribution >= 0.6 is 0 Å². The first-order valence-electron chi connectivity index (χ1n) is 7.56. The zero-order valence-corrected chi connectivity index (χ0v) is 14.2. The van der Waals surface area contributed by atoms with Crippen molar-refractivity contribution in [2.75, 3.05) is 28.2 Å². The Kier molecular flexibility index (Phi) is 5.97. The average Bonchev–Trinajstić information content (AvgIpc) is 2.54. The lowest BCUT2D eigenvalue weighted by atomic mass is 10.2. The minimum Gasteiger partial charge on any atom is -0.487 e. The highest BCUT2D eigenvalue weighted by Gasteiger charge is 2.07. The normalized spacial score (nSPS) is 10.1. The van der Waals surface area contributed by atoms with Gasteiger partial charge in [-0.25, -0.2) is 4.99 Å². The molecule has 0 atom stereocenters. The number of rotatable bonds is 5. The van der Waals surface area contributed by atoms with E-state index in [1.807, 2.05) is 74.4 Å². The van der Waals surface area contributed by atoms with E-state index in [1.165, 1.54) is 0 Å². The highest BCUT2D eigenvalue weighted by Crippen LogP contribution is 2.19. The molecule has 0 saturated carbocycles. The van der Waals surface area contributed by atoms with Crippen molar-refractivity contribution in [2.24, 2.45) is 4.99 Å². The quantitative estimate of drug-likeness (QED) is 0.629. The van der Waals surface area contributed by atoms with Crippen LogP contribution < -0.4 is 4.74 Å². The number of ether oxygens (including phenoxy) is 1. The van der Waals surface area contributed by atoms with Crippen molar-refractivity contribution in [3.8, 4) is 5.75 Å². The van der Waals surface area contributed by atoms with E-state index in [4.69, 9.17) is 4.74 Å². The molecule has 0 N–H and O–H groups in total. The minimum absolute atomic E-state index is 0.525. The van der Waals surface area contributed by atoms with Gasteiger partial charge in [-0.05, 0) is 11.6 Å². The Labute approximate surface area is 138 Å². The molecule has 23 heavy (non-hydrogen) atoms. The smallest absolute Gasteiger partial charge is 0.195 e. The number of hydrogen-bond donors (Lipinski definition) is 0. The molecular formula is C18H24N4O. The van der Waals surface area contributed by atoms with Crippen LogP contribution in [0.4, 0.5) is 0 Å². The first-order valence-corrected chi connectivity index (χ1v) is 7.56. The highest BCUT2D eigenvalue weighted by atomic mass is 16.5. The van der Waals surface area contributed by atoms with Crippen molar-refractivity contribution in [1.82, 2.24) is 14.8 Å². The summed E-state index contributed by atoms with van der Waals surface area (Å²) in [5.41, 5.74) is 2.16. The molecule has 0 amide bonds. The lowest BCUT2D eigenvalue weighted by Gasteiger charge is -2.22. The summed E-state index contributed by atoms with van der Waals surface area (Å²) >= 11 is 0. The number of pyridine rings is 1. The van der Waals surface area contributed by atoms with Crippen molar-refractivity contribution >= 4 is 5.96 Å². The van der Waals surface area contributed by atoms with Crippen LogP contribution in [-0.2, 0) is 13.2 Å². The van der Waals surface area contributed by atoms with Gasteiger partial charge < -0.3 is 14.5 Å². The summed E-state index contributed by atoms with van der Waals surface area (Å²) in [5.74, 6) is 1.69. The topological polar surface area (TPSA) is 41.0 Å². The first-order chi connectivity index (χ1) is 11.1. The summed E-state index contributed by atoms with van der Waals surface area (Å²) in [7, 11) is 7.94. The molecule has 0 bridgehead atoms. The first kappa shape index (κ1) is 16.8. The number of guanidine groups is 1. The third kappa shape index (κ3) is 4.98. The second-order valence-corrected chi connectivity index (χ2v) is 5.66. The van der Waals surface area contributed by atoms with E-state index in [0.29, 0.717) is 13.2 Å². The second kappa shape index (κ2) is 8.17. The van der Waals surface area contributed by atoms with Crippen molar-refractivity contribution in [1.29, 1.82) is 0 Å². The molecular weight excluding hydrogens is 288 g/mol. The van der Waals surface area contributed by atoms with Gasteiger partial charge in [0.2, 0.25) is 0 Å². The number of benzene rings is 1. The summed E-state index contributed by atoms with van der Waals surface area (Å²) in [5, 5.41) is 0. The van der Waals surface area contributed by atoms with Gasteiger partial charge in [-0.1, -0.05) is 30.3 Å². The Balaban J connectivity index is 2.09. The molecule has 0 radical (unpaired) electrons. The van der Waals surface area contributed by atoms with Gasteiger partial charge in [0.1, 0.15) is 12.4 Å². The van der Waals surface area contributed by atoms with Crippen molar-refractivity contribution in [3.05, 3.63) is 59.9 Å². The molecule has 2 aromatic rings. The third-order valence-corrected chi connectivity index (χ3v) is 3.30. The van der Waals surface area contributed by atoms with Gasteiger partial charge in [0, 0.05) is 40.0 Å². The van der Waals surface area contributed by atoms with Gasteiger partial charge in [-0.3, -0.25) is 4.98 Å². The average molecular weight is 312 g/mol. The predicted molar refractivity (Wildman–Crippen MR) is 93.5 cm³/mol. The maximum Gasteiger partial charge on any atom is 0.195 e. The fourth-order valence-electron chi connectivity index (χ4n) is 2.24. The molecule has 1 aromatic heterocycles. The Morgan fingerprint density at radius 1 is 1.04 bits per heavy atom. The Morgan fingerprint density at radius 3 is 2.39 bits per heavy atom. The monoisotopic (exact) mass is 312 g/mol. The molecule has 1 aromatic carbocycles. The van der Waals surface area contributed by atoms with Crippen molar-refractivity contribution < 1.29 is 4.74 Å². The van der Waals surface area contributed by atoms with E-state index >= 15 is 0 Å². The van der Waals surface area contributed by atoms with E-state index in [1.54, 1.807) is 12.4 Å². The zero-order valence-electron chi connectivity index (χ0n) is 14.2. The van der Waals surface area contributed by atoms with Gasteiger partial charge in [0.25, 0.3) is 0 Å². The molecule has 2 rings (SSSR count). The van der Waals surface area contributed by atoms with Crippen LogP contribution in [0, 0.1) is 0 Å². The Hall–Kier alpha value is -2.56. The van der Waals surface area contributed by atoms with Gasteiger partial charge in [-0.2, -0.15) is 0 Å². The molecule has 0 unspecified atom stereocenters. The molecule has 5 heteroatoms. The maximum atomic E-state index is 5.92. The second-order valence-electron chi connectivity index (χ2n) is 5.66. The lowest BCUT2D eigenvalue weighted by Crippen LogP contribution is -2.35. The predicted octanol–water partition coefficient (Wildman–Crippen LogP) is 2.64. The Bertz CT molecular complexity index is 628. The van der Waals surface area contributed by atoms with Gasteiger partial charge in [-0.15, -0.1) is 0 Å². The van der Waals surface area contributed by atoms with Crippen LogP contribution in [0.1, 0.15) is 11.1 Å². The molecule has 0 aliphatic carbocycles. The molecule has 0 fully saturated rings. The highest BCUT2D eigenvalue weighted by molar-refractivity contribution is 5.79. The number of aliphatic imine (C=N–C) groups is 1. The fourth-order valence-corrected chi connectivity index (χ4v) is 2.24. The minimum atomic E-state index is 0.525. The number of hydrogen-bond acceptors (Lipinski definition) is 3. The summed E-state index contributed by atoms with van der Waals surface area (Å²) in [6.45, 7) is 1.08. The van der Waals surface area contributed by atoms with Crippen LogP contribution in [0.15, 0.2) is 53.8 Å². The molecule has 5 nitrogen and oxygen atoms in total. The van der Waals surface area contributed by atoms with E-state index in [9.17, 15) is 0 Å². The SMILES string of the molecule is CN(C)C(=NCc1ccncc1OCc1ccccc1)N(C)C. The molecule has 1 heterocycles. The van der Waals surface area contributed by atoms with E-state index in [-0.39, 0.29) is 0 Å². The van der Waals surface area contributed by atoms with Crippen molar-refractivity contribution in [3.63, 3.8) is 0 Å². The van der Waals surface area contributed by atoms with Crippen LogP contribution in [0.2, 0.25) is 0 Å². The molecule has 0 spiro atoms. The van der Waals surface area contributed by atoms with E-state index in [0.717, 1.165) is 22.8 Å². The lowest BCUT2D eigenvalue weighted by molar-refractivity contribution is 0.301. The van der Waals surface area contributed by atoms with E-state index in [2.05, 4.69) is 9.98 Å². The summed E-state index contributed by atoms with van der Waals surface area (Å²) in [6, 6.07) is 12.1. The maximum absolute atomic E-state index is 5.92. The van der Waals surface area contributed by atoms with Gasteiger partial charge in [0.15, 0.2) is 5.96 Å². The number of aromatic nitrogens is 1. The standard InChI is InChI=1S/C18H24N4O/c1-21(2)18(22(3)4)20-12-16-10-11-19-13-17(16)23-14-15-8-6-5-7-9-15/h5-11,13H,12,14H2,1-4H3. The number of nitrogens with zero attached hydrogens (tertiary/aromatic N) is 4. The van der Waals surface area contributed by atoms with Gasteiger partial charge >= 0.3 is 0 Å². The zero-order chi connectivity index (χ0) is 16.7. The Morgan fingerprint density at radius 2 is 1.74 bits per heavy atom. The van der Waals surface area contributed by atoms with Crippen LogP contribution in [0.25, 0.3) is 0 Å². The summed E-state index contributed by atoms with van der Waals surface area (Å²) in [4.78, 5) is 12.8. The van der Waals surface area contributed by atoms with Crippen LogP contribution in [-0.4, -0.2) is 48.9 Å². The molecule has 0 saturated heterocycles. The largest absolute Gasteiger partial charge is 0.487 e. The van der Waals surface area contributed by atoms with Gasteiger partial charge in [0.05, 0.1) is 12.7 Å². The van der Waals surface area contributed by atoms with Crippen molar-refractivity contribution in [2.45, 2.75) is 13.2 Å². The summed E-state index contributed by atoms with van der Waals surface area (Å²) < 4.78 is 5.92. The van der Waals surface area contributed by atoms with E-state index < -0.39 is 0 Å². The van der Waals surface area contributed by atoms with Crippen LogP contribution in [0.3, 0.4) is 0 Å². The van der Waals surface area contributed by atoms with Crippen LogP contribution in [0.5, 0.6) is 5.75 Å². The fraction of sp³-hybridized carbons (Fsp3) is 0.333.